The number of carboxylic acids is 1. The SMILES string of the molecule is CCc1occc1C(=O)N1CCC(n2ncc(C(=O)O)c2C)CC1. The van der Waals surface area contributed by atoms with Crippen LogP contribution < -0.4 is 0 Å². The summed E-state index contributed by atoms with van der Waals surface area (Å²) in [6.45, 7) is 4.98. The van der Waals surface area contributed by atoms with E-state index in [4.69, 9.17) is 9.52 Å². The van der Waals surface area contributed by atoms with E-state index in [0.717, 1.165) is 18.6 Å². The van der Waals surface area contributed by atoms with Crippen molar-refractivity contribution in [1.82, 2.24) is 14.7 Å². The summed E-state index contributed by atoms with van der Waals surface area (Å²) in [6, 6.07) is 1.85. The Kier molecular flexibility index (Phi) is 4.42. The zero-order valence-electron chi connectivity index (χ0n) is 13.9. The van der Waals surface area contributed by atoms with Gasteiger partial charge in [0.15, 0.2) is 0 Å². The molecule has 0 aromatic carbocycles. The first-order chi connectivity index (χ1) is 11.5. The average Bonchev–Trinajstić information content (AvgIpc) is 3.20. The van der Waals surface area contributed by atoms with Crippen LogP contribution in [0, 0.1) is 6.92 Å². The Morgan fingerprint density at radius 2 is 2.04 bits per heavy atom. The Bertz CT molecular complexity index is 754. The van der Waals surface area contributed by atoms with E-state index in [0.29, 0.717) is 30.8 Å². The number of rotatable bonds is 4. The summed E-state index contributed by atoms with van der Waals surface area (Å²) in [5.74, 6) is -0.239. The number of carbonyl (C=O) groups is 2. The molecule has 1 aliphatic rings. The Hall–Kier alpha value is -2.57. The van der Waals surface area contributed by atoms with Gasteiger partial charge in [-0.05, 0) is 25.8 Å². The molecule has 24 heavy (non-hydrogen) atoms. The predicted octanol–water partition coefficient (Wildman–Crippen LogP) is 2.52. The summed E-state index contributed by atoms with van der Waals surface area (Å²) in [5.41, 5.74) is 1.54. The van der Waals surface area contributed by atoms with Crippen LogP contribution >= 0.6 is 0 Å². The molecular weight excluding hydrogens is 310 g/mol. The lowest BCUT2D eigenvalue weighted by Gasteiger charge is -2.32. The standard InChI is InChI=1S/C17H21N3O4/c1-3-15-13(6-9-24-15)16(21)19-7-4-12(5-8-19)20-11(2)14(10-18-20)17(22)23/h6,9-10,12H,3-5,7-8H2,1-2H3,(H,22,23). The minimum Gasteiger partial charge on any atom is -0.478 e. The number of aromatic nitrogens is 2. The minimum atomic E-state index is -0.960. The zero-order chi connectivity index (χ0) is 17.3. The maximum Gasteiger partial charge on any atom is 0.339 e. The van der Waals surface area contributed by atoms with Gasteiger partial charge in [-0.15, -0.1) is 0 Å². The summed E-state index contributed by atoms with van der Waals surface area (Å²) in [6.07, 6.45) is 5.15. The van der Waals surface area contributed by atoms with Gasteiger partial charge in [0.1, 0.15) is 11.3 Å². The van der Waals surface area contributed by atoms with E-state index < -0.39 is 5.97 Å². The molecule has 0 bridgehead atoms. The Labute approximate surface area is 139 Å². The van der Waals surface area contributed by atoms with Crippen LogP contribution in [-0.4, -0.2) is 44.8 Å². The number of likely N-dealkylation sites (tertiary alicyclic amines) is 1. The number of aromatic carboxylic acids is 1. The number of piperidine rings is 1. The third kappa shape index (κ3) is 2.81. The lowest BCUT2D eigenvalue weighted by molar-refractivity contribution is 0.0686. The maximum absolute atomic E-state index is 12.6. The van der Waals surface area contributed by atoms with Crippen molar-refractivity contribution in [3.05, 3.63) is 41.1 Å². The Balaban J connectivity index is 1.68. The van der Waals surface area contributed by atoms with Crippen molar-refractivity contribution >= 4 is 11.9 Å². The molecule has 0 atom stereocenters. The van der Waals surface area contributed by atoms with Crippen molar-refractivity contribution in [2.75, 3.05) is 13.1 Å². The third-order valence-corrected chi connectivity index (χ3v) is 4.67. The highest BCUT2D eigenvalue weighted by atomic mass is 16.4. The Morgan fingerprint density at radius 3 is 2.62 bits per heavy atom. The van der Waals surface area contributed by atoms with Gasteiger partial charge < -0.3 is 14.4 Å². The predicted molar refractivity (Wildman–Crippen MR) is 86.2 cm³/mol. The van der Waals surface area contributed by atoms with E-state index in [1.165, 1.54) is 6.20 Å². The van der Waals surface area contributed by atoms with Gasteiger partial charge in [-0.1, -0.05) is 6.92 Å². The van der Waals surface area contributed by atoms with Gasteiger partial charge in [-0.3, -0.25) is 9.48 Å². The Morgan fingerprint density at radius 1 is 1.33 bits per heavy atom. The molecule has 7 heteroatoms. The largest absolute Gasteiger partial charge is 0.478 e. The summed E-state index contributed by atoms with van der Waals surface area (Å²) in [5, 5.41) is 13.4. The van der Waals surface area contributed by atoms with E-state index in [1.807, 2.05) is 11.8 Å². The molecule has 3 heterocycles. The maximum atomic E-state index is 12.6. The molecule has 2 aromatic heterocycles. The number of carboxylic acid groups (broad SMARTS) is 1. The van der Waals surface area contributed by atoms with Crippen LogP contribution in [0.25, 0.3) is 0 Å². The average molecular weight is 331 g/mol. The third-order valence-electron chi connectivity index (χ3n) is 4.67. The molecule has 0 aliphatic carbocycles. The number of furan rings is 1. The van der Waals surface area contributed by atoms with Gasteiger partial charge in [0.05, 0.1) is 29.8 Å². The fourth-order valence-corrected chi connectivity index (χ4v) is 3.29. The van der Waals surface area contributed by atoms with Crippen LogP contribution in [0.1, 0.15) is 58.0 Å². The van der Waals surface area contributed by atoms with Gasteiger partial charge in [-0.2, -0.15) is 5.10 Å². The fraction of sp³-hybridized carbons (Fsp3) is 0.471. The topological polar surface area (TPSA) is 88.6 Å². The van der Waals surface area contributed by atoms with Gasteiger partial charge in [0.2, 0.25) is 0 Å². The minimum absolute atomic E-state index is 0.00228. The number of amides is 1. The molecule has 128 valence electrons. The van der Waals surface area contributed by atoms with Crippen LogP contribution in [0.5, 0.6) is 0 Å². The van der Waals surface area contributed by atoms with Gasteiger partial charge >= 0.3 is 5.97 Å². The van der Waals surface area contributed by atoms with Crippen LogP contribution in [0.15, 0.2) is 22.9 Å². The highest BCUT2D eigenvalue weighted by Gasteiger charge is 2.28. The van der Waals surface area contributed by atoms with Gasteiger partial charge in [0.25, 0.3) is 5.91 Å². The van der Waals surface area contributed by atoms with Crippen molar-refractivity contribution in [3.8, 4) is 0 Å². The van der Waals surface area contributed by atoms with Crippen LogP contribution in [0.4, 0.5) is 0 Å². The first kappa shape index (κ1) is 16.3. The molecule has 0 spiro atoms. The van der Waals surface area contributed by atoms with Crippen molar-refractivity contribution in [2.45, 2.75) is 39.2 Å². The summed E-state index contributed by atoms with van der Waals surface area (Å²) in [4.78, 5) is 25.6. The van der Waals surface area contributed by atoms with Gasteiger partial charge in [0, 0.05) is 19.5 Å². The molecule has 1 aliphatic heterocycles. The molecule has 0 unspecified atom stereocenters. The fourth-order valence-electron chi connectivity index (χ4n) is 3.29. The summed E-state index contributed by atoms with van der Waals surface area (Å²) < 4.78 is 7.12. The molecule has 0 radical (unpaired) electrons. The smallest absolute Gasteiger partial charge is 0.339 e. The highest BCUT2D eigenvalue weighted by molar-refractivity contribution is 5.95. The molecule has 7 nitrogen and oxygen atoms in total. The summed E-state index contributed by atoms with van der Waals surface area (Å²) in [7, 11) is 0. The van der Waals surface area contributed by atoms with Crippen molar-refractivity contribution in [2.24, 2.45) is 0 Å². The lowest BCUT2D eigenvalue weighted by Crippen LogP contribution is -2.39. The lowest BCUT2D eigenvalue weighted by atomic mass is 10.0. The van der Waals surface area contributed by atoms with E-state index in [1.54, 1.807) is 23.9 Å². The second-order valence-corrected chi connectivity index (χ2v) is 6.03. The number of aryl methyl sites for hydroxylation is 1. The van der Waals surface area contributed by atoms with Crippen molar-refractivity contribution in [1.29, 1.82) is 0 Å². The van der Waals surface area contributed by atoms with Gasteiger partial charge in [-0.25, -0.2) is 4.79 Å². The van der Waals surface area contributed by atoms with E-state index in [2.05, 4.69) is 5.10 Å². The molecule has 1 saturated heterocycles. The highest BCUT2D eigenvalue weighted by Crippen LogP contribution is 2.26. The van der Waals surface area contributed by atoms with Crippen molar-refractivity contribution in [3.63, 3.8) is 0 Å². The first-order valence-corrected chi connectivity index (χ1v) is 8.16. The zero-order valence-corrected chi connectivity index (χ0v) is 13.9. The molecule has 1 N–H and O–H groups in total. The van der Waals surface area contributed by atoms with E-state index in [9.17, 15) is 9.59 Å². The molecule has 3 rings (SSSR count). The molecule has 2 aromatic rings. The molecule has 1 fully saturated rings. The normalized spacial score (nSPS) is 15.7. The van der Waals surface area contributed by atoms with E-state index in [-0.39, 0.29) is 17.5 Å². The quantitative estimate of drug-likeness (QED) is 0.930. The number of hydrogen-bond acceptors (Lipinski definition) is 4. The number of carbonyl (C=O) groups excluding carboxylic acids is 1. The molecule has 1 amide bonds. The summed E-state index contributed by atoms with van der Waals surface area (Å²) >= 11 is 0. The van der Waals surface area contributed by atoms with Crippen LogP contribution in [0.2, 0.25) is 0 Å². The van der Waals surface area contributed by atoms with E-state index >= 15 is 0 Å². The van der Waals surface area contributed by atoms with Crippen LogP contribution in [0.3, 0.4) is 0 Å². The van der Waals surface area contributed by atoms with Crippen molar-refractivity contribution < 1.29 is 19.1 Å². The van der Waals surface area contributed by atoms with Crippen LogP contribution in [-0.2, 0) is 6.42 Å². The second-order valence-electron chi connectivity index (χ2n) is 6.03. The molecule has 0 saturated carbocycles. The number of hydrogen-bond donors (Lipinski definition) is 1. The second kappa shape index (κ2) is 6.51. The molecular formula is C17H21N3O4. The number of nitrogens with zero attached hydrogens (tertiary/aromatic N) is 3. The first-order valence-electron chi connectivity index (χ1n) is 8.16. The monoisotopic (exact) mass is 331 g/mol.